The van der Waals surface area contributed by atoms with E-state index in [1.807, 2.05) is 58.9 Å². The number of carbonyl (C=O) groups excluding carboxylic acids is 1. The van der Waals surface area contributed by atoms with E-state index in [0.717, 1.165) is 16.8 Å². The Balaban J connectivity index is 2.41. The van der Waals surface area contributed by atoms with Crippen LogP contribution in [-0.2, 0) is 33.5 Å². The molecule has 2 rings (SSSR count). The van der Waals surface area contributed by atoms with Crippen molar-refractivity contribution >= 4 is 15.7 Å². The van der Waals surface area contributed by atoms with E-state index in [0.29, 0.717) is 26.1 Å². The van der Waals surface area contributed by atoms with Crippen LogP contribution in [0, 0.1) is 18.8 Å². The minimum absolute atomic E-state index is 0.0246. The number of aromatic nitrogens is 2. The van der Waals surface area contributed by atoms with Crippen LogP contribution in [-0.4, -0.2) is 35.3 Å². The molecule has 1 heterocycles. The highest BCUT2D eigenvalue weighted by molar-refractivity contribution is 7.90. The number of hydrogen-bond donors (Lipinski definition) is 0. The first kappa shape index (κ1) is 24.9. The molecule has 0 aliphatic carbocycles. The Morgan fingerprint density at radius 2 is 1.87 bits per heavy atom. The van der Waals surface area contributed by atoms with E-state index in [1.54, 1.807) is 21.7 Å². The largest absolute Gasteiger partial charge is 0.333 e. The number of nitrogens with zero attached hydrogens (tertiary/aromatic N) is 3. The molecule has 0 aliphatic rings. The molecule has 170 valence electrons. The number of aryl methyl sites for hydroxylation is 1. The van der Waals surface area contributed by atoms with Crippen LogP contribution in [0.25, 0.3) is 0 Å². The van der Waals surface area contributed by atoms with Crippen LogP contribution in [0.15, 0.2) is 48.3 Å². The monoisotopic (exact) mass is 445 g/mol. The van der Waals surface area contributed by atoms with Crippen LogP contribution in [0.1, 0.15) is 50.9 Å². The maximum atomic E-state index is 13.3. The molecule has 0 unspecified atom stereocenters. The number of benzene rings is 1. The molecule has 7 heteroatoms. The first-order valence-electron chi connectivity index (χ1n) is 10.8. The van der Waals surface area contributed by atoms with E-state index in [1.165, 1.54) is 0 Å². The Hall–Kier alpha value is -2.41. The molecule has 0 radical (unpaired) electrons. The lowest BCUT2D eigenvalue weighted by molar-refractivity contribution is -0.132. The highest BCUT2D eigenvalue weighted by Gasteiger charge is 2.26. The third-order valence-electron chi connectivity index (χ3n) is 4.97. The zero-order valence-corrected chi connectivity index (χ0v) is 20.2. The Labute approximate surface area is 186 Å². The fraction of sp³-hybridized carbons (Fsp3) is 0.500. The van der Waals surface area contributed by atoms with Gasteiger partial charge in [0.25, 0.3) is 0 Å². The molecule has 0 saturated carbocycles. The molecule has 0 spiro atoms. The van der Waals surface area contributed by atoms with E-state index in [2.05, 4.69) is 11.6 Å². The quantitative estimate of drug-likeness (QED) is 0.481. The summed E-state index contributed by atoms with van der Waals surface area (Å²) in [5.41, 5.74) is 2.42. The second-order valence-electron chi connectivity index (χ2n) is 8.88. The molecule has 0 aliphatic heterocycles. The molecule has 1 amide bonds. The smallest absolute Gasteiger partial charge is 0.228 e. The van der Waals surface area contributed by atoms with Gasteiger partial charge in [-0.25, -0.2) is 13.4 Å². The summed E-state index contributed by atoms with van der Waals surface area (Å²) in [7, 11) is -3.65. The van der Waals surface area contributed by atoms with Gasteiger partial charge in [-0.2, -0.15) is 0 Å². The van der Waals surface area contributed by atoms with Gasteiger partial charge in [0.05, 0.1) is 24.2 Å². The second-order valence-corrected chi connectivity index (χ2v) is 10.8. The third kappa shape index (κ3) is 6.79. The SMILES string of the molecule is C=CCN(Cc1cnc(S(=O)(=O)Cc2ccccc2C)n1CC(C)C)C(=O)CC(C)C. The van der Waals surface area contributed by atoms with Crippen molar-refractivity contribution in [3.05, 3.63) is 59.9 Å². The average Bonchev–Trinajstić information content (AvgIpc) is 3.05. The van der Waals surface area contributed by atoms with Crippen LogP contribution in [0.5, 0.6) is 0 Å². The first-order valence-corrected chi connectivity index (χ1v) is 12.4. The van der Waals surface area contributed by atoms with Gasteiger partial charge in [0.1, 0.15) is 0 Å². The predicted molar refractivity (Wildman–Crippen MR) is 124 cm³/mol. The van der Waals surface area contributed by atoms with Crippen molar-refractivity contribution in [3.63, 3.8) is 0 Å². The zero-order valence-electron chi connectivity index (χ0n) is 19.3. The van der Waals surface area contributed by atoms with Crippen molar-refractivity contribution < 1.29 is 13.2 Å². The molecule has 1 aromatic carbocycles. The summed E-state index contributed by atoms with van der Waals surface area (Å²) in [6.07, 6.45) is 3.72. The fourth-order valence-corrected chi connectivity index (χ4v) is 5.06. The summed E-state index contributed by atoms with van der Waals surface area (Å²) in [4.78, 5) is 18.7. The van der Waals surface area contributed by atoms with Gasteiger partial charge in [-0.05, 0) is 29.9 Å². The number of rotatable bonds is 11. The highest BCUT2D eigenvalue weighted by Crippen LogP contribution is 2.22. The number of amides is 1. The number of carbonyl (C=O) groups is 1. The van der Waals surface area contributed by atoms with Crippen LogP contribution in [0.3, 0.4) is 0 Å². The van der Waals surface area contributed by atoms with Gasteiger partial charge in [0.2, 0.25) is 20.9 Å². The molecular formula is C24H35N3O3S. The Morgan fingerprint density at radius 3 is 2.45 bits per heavy atom. The molecule has 1 aromatic heterocycles. The van der Waals surface area contributed by atoms with E-state index in [4.69, 9.17) is 0 Å². The van der Waals surface area contributed by atoms with Gasteiger partial charge in [-0.15, -0.1) is 6.58 Å². The van der Waals surface area contributed by atoms with Crippen LogP contribution >= 0.6 is 0 Å². The van der Waals surface area contributed by atoms with Crippen LogP contribution < -0.4 is 0 Å². The van der Waals surface area contributed by atoms with Gasteiger partial charge in [-0.1, -0.05) is 58.0 Å². The molecule has 31 heavy (non-hydrogen) atoms. The number of imidazole rings is 1. The fourth-order valence-electron chi connectivity index (χ4n) is 3.45. The summed E-state index contributed by atoms with van der Waals surface area (Å²) >= 11 is 0. The van der Waals surface area contributed by atoms with Crippen molar-refractivity contribution in [2.24, 2.45) is 11.8 Å². The molecular weight excluding hydrogens is 410 g/mol. The Kier molecular flexibility index (Phi) is 8.62. The van der Waals surface area contributed by atoms with Gasteiger partial charge >= 0.3 is 0 Å². The Morgan fingerprint density at radius 1 is 1.19 bits per heavy atom. The molecule has 0 N–H and O–H groups in total. The first-order chi connectivity index (χ1) is 14.5. The standard InChI is InChI=1S/C24H35N3O3S/c1-7-12-26(23(28)13-18(2)3)16-22-14-25-24(27(22)15-19(4)5)31(29,30)17-21-11-9-8-10-20(21)6/h7-11,14,18-19H,1,12-13,15-17H2,2-6H3. The second kappa shape index (κ2) is 10.8. The zero-order chi connectivity index (χ0) is 23.2. The summed E-state index contributed by atoms with van der Waals surface area (Å²) < 4.78 is 28.3. The van der Waals surface area contributed by atoms with Gasteiger partial charge < -0.3 is 9.47 Å². The van der Waals surface area contributed by atoms with Gasteiger partial charge in [0, 0.05) is 19.5 Å². The van der Waals surface area contributed by atoms with Crippen molar-refractivity contribution in [1.82, 2.24) is 14.5 Å². The maximum Gasteiger partial charge on any atom is 0.228 e. The van der Waals surface area contributed by atoms with E-state index < -0.39 is 9.84 Å². The molecule has 0 saturated heterocycles. The molecule has 0 fully saturated rings. The minimum atomic E-state index is -3.65. The van der Waals surface area contributed by atoms with Gasteiger partial charge in [-0.3, -0.25) is 4.79 Å². The van der Waals surface area contributed by atoms with Crippen molar-refractivity contribution in [2.45, 2.75) is 65.0 Å². The highest BCUT2D eigenvalue weighted by atomic mass is 32.2. The van der Waals surface area contributed by atoms with Crippen LogP contribution in [0.2, 0.25) is 0 Å². The lowest BCUT2D eigenvalue weighted by Gasteiger charge is -2.23. The molecule has 0 atom stereocenters. The van der Waals surface area contributed by atoms with E-state index >= 15 is 0 Å². The predicted octanol–water partition coefficient (Wildman–Crippen LogP) is 4.38. The van der Waals surface area contributed by atoms with E-state index in [-0.39, 0.29) is 28.7 Å². The van der Waals surface area contributed by atoms with Crippen molar-refractivity contribution in [2.75, 3.05) is 6.54 Å². The Bertz CT molecular complexity index is 1010. The molecule has 0 bridgehead atoms. The van der Waals surface area contributed by atoms with Crippen LogP contribution in [0.4, 0.5) is 0 Å². The average molecular weight is 446 g/mol. The van der Waals surface area contributed by atoms with Crippen molar-refractivity contribution in [3.8, 4) is 0 Å². The summed E-state index contributed by atoms with van der Waals surface area (Å²) in [6.45, 7) is 15.0. The summed E-state index contributed by atoms with van der Waals surface area (Å²) in [5, 5.41) is 0.0642. The topological polar surface area (TPSA) is 72.3 Å². The molecule has 2 aromatic rings. The maximum absolute atomic E-state index is 13.3. The minimum Gasteiger partial charge on any atom is -0.333 e. The molecule has 6 nitrogen and oxygen atoms in total. The number of hydrogen-bond acceptors (Lipinski definition) is 4. The normalized spacial score (nSPS) is 11.8. The van der Waals surface area contributed by atoms with E-state index in [9.17, 15) is 13.2 Å². The summed E-state index contributed by atoms with van der Waals surface area (Å²) in [5.74, 6) is 0.387. The van der Waals surface area contributed by atoms with Gasteiger partial charge in [0.15, 0.2) is 0 Å². The third-order valence-corrected chi connectivity index (χ3v) is 6.55. The number of sulfone groups is 1. The summed E-state index contributed by atoms with van der Waals surface area (Å²) in [6, 6.07) is 7.48. The lowest BCUT2D eigenvalue weighted by atomic mass is 10.1. The van der Waals surface area contributed by atoms with Crippen molar-refractivity contribution in [1.29, 1.82) is 0 Å². The lowest BCUT2D eigenvalue weighted by Crippen LogP contribution is -2.32.